The molecule has 0 radical (unpaired) electrons. The van der Waals surface area contributed by atoms with E-state index in [0.717, 1.165) is 6.42 Å². The Labute approximate surface area is 87.7 Å². The Kier molecular flexibility index (Phi) is 3.85. The van der Waals surface area contributed by atoms with Crippen molar-refractivity contribution in [2.45, 2.75) is 39.5 Å². The van der Waals surface area contributed by atoms with Gasteiger partial charge in [0.2, 0.25) is 0 Å². The van der Waals surface area contributed by atoms with E-state index in [9.17, 15) is 9.59 Å². The Morgan fingerprint density at radius 2 is 2.13 bits per heavy atom. The highest BCUT2D eigenvalue weighted by molar-refractivity contribution is 4.83. The van der Waals surface area contributed by atoms with Gasteiger partial charge in [0.1, 0.15) is 6.23 Å². The summed E-state index contributed by atoms with van der Waals surface area (Å²) in [6.45, 7) is 5.71. The standard InChI is InChI=1S/C10H16N2O3/c1-4-7(2)15-8(3)12-6-5-9(13)11-10(12)14/h5-8H,4H2,1-3H3,(H,11,13,14). The number of ether oxygens (including phenoxy) is 1. The molecule has 15 heavy (non-hydrogen) atoms. The molecule has 0 saturated carbocycles. The molecule has 0 aromatic carbocycles. The Hall–Kier alpha value is -1.36. The summed E-state index contributed by atoms with van der Waals surface area (Å²) in [5.74, 6) is 0. The van der Waals surface area contributed by atoms with Crippen molar-refractivity contribution in [2.75, 3.05) is 0 Å². The van der Waals surface area contributed by atoms with Crippen LogP contribution in [0.2, 0.25) is 0 Å². The number of hydrogen-bond donors (Lipinski definition) is 1. The first-order chi connectivity index (χ1) is 7.04. The summed E-state index contributed by atoms with van der Waals surface area (Å²) in [6.07, 6.45) is 2.03. The quantitative estimate of drug-likeness (QED) is 0.805. The van der Waals surface area contributed by atoms with E-state index in [1.165, 1.54) is 16.8 Å². The summed E-state index contributed by atoms with van der Waals surface area (Å²) < 4.78 is 6.90. The lowest BCUT2D eigenvalue weighted by atomic mass is 10.3. The summed E-state index contributed by atoms with van der Waals surface area (Å²) in [7, 11) is 0. The molecule has 0 saturated heterocycles. The third-order valence-corrected chi connectivity index (χ3v) is 2.25. The van der Waals surface area contributed by atoms with Gasteiger partial charge in [-0.1, -0.05) is 6.92 Å². The van der Waals surface area contributed by atoms with Crippen molar-refractivity contribution in [1.29, 1.82) is 0 Å². The van der Waals surface area contributed by atoms with Gasteiger partial charge in [0.25, 0.3) is 5.56 Å². The van der Waals surface area contributed by atoms with Crippen LogP contribution in [-0.4, -0.2) is 15.7 Å². The molecule has 0 bridgehead atoms. The van der Waals surface area contributed by atoms with Crippen LogP contribution in [0.4, 0.5) is 0 Å². The monoisotopic (exact) mass is 212 g/mol. The first kappa shape index (κ1) is 11.7. The molecule has 5 heteroatoms. The van der Waals surface area contributed by atoms with Crippen LogP contribution in [-0.2, 0) is 4.74 Å². The fourth-order valence-electron chi connectivity index (χ4n) is 1.21. The summed E-state index contributed by atoms with van der Waals surface area (Å²) in [5.41, 5.74) is -0.842. The maximum Gasteiger partial charge on any atom is 0.330 e. The van der Waals surface area contributed by atoms with Gasteiger partial charge in [0.05, 0.1) is 6.10 Å². The maximum absolute atomic E-state index is 11.4. The first-order valence-corrected chi connectivity index (χ1v) is 5.01. The molecule has 0 aliphatic rings. The zero-order chi connectivity index (χ0) is 11.4. The fourth-order valence-corrected chi connectivity index (χ4v) is 1.21. The number of rotatable bonds is 4. The van der Waals surface area contributed by atoms with E-state index in [2.05, 4.69) is 4.98 Å². The molecule has 84 valence electrons. The minimum Gasteiger partial charge on any atom is -0.355 e. The highest BCUT2D eigenvalue weighted by atomic mass is 16.5. The molecule has 1 aromatic heterocycles. The summed E-state index contributed by atoms with van der Waals surface area (Å²) in [4.78, 5) is 24.4. The Morgan fingerprint density at radius 1 is 1.47 bits per heavy atom. The minimum atomic E-state index is -0.446. The van der Waals surface area contributed by atoms with Crippen LogP contribution in [0.1, 0.15) is 33.4 Å². The minimum absolute atomic E-state index is 0.0822. The summed E-state index contributed by atoms with van der Waals surface area (Å²) >= 11 is 0. The predicted octanol–water partition coefficient (Wildman–Crippen LogP) is 0.870. The van der Waals surface area contributed by atoms with Crippen LogP contribution in [0.5, 0.6) is 0 Å². The van der Waals surface area contributed by atoms with E-state index < -0.39 is 11.2 Å². The maximum atomic E-state index is 11.4. The Bertz CT molecular complexity index is 421. The van der Waals surface area contributed by atoms with Gasteiger partial charge >= 0.3 is 5.69 Å². The highest BCUT2D eigenvalue weighted by Gasteiger charge is 2.09. The molecule has 0 aliphatic heterocycles. The van der Waals surface area contributed by atoms with E-state index >= 15 is 0 Å². The van der Waals surface area contributed by atoms with E-state index in [1.54, 1.807) is 6.92 Å². The predicted molar refractivity (Wildman–Crippen MR) is 56.9 cm³/mol. The molecule has 0 aliphatic carbocycles. The molecule has 1 aromatic rings. The molecule has 0 spiro atoms. The van der Waals surface area contributed by atoms with Crippen molar-refractivity contribution in [3.8, 4) is 0 Å². The van der Waals surface area contributed by atoms with Gasteiger partial charge in [0, 0.05) is 12.3 Å². The van der Waals surface area contributed by atoms with Gasteiger partial charge < -0.3 is 4.74 Å². The Morgan fingerprint density at radius 3 is 2.67 bits per heavy atom. The van der Waals surface area contributed by atoms with Gasteiger partial charge in [-0.15, -0.1) is 0 Å². The average Bonchev–Trinajstić information content (AvgIpc) is 2.17. The number of nitrogens with one attached hydrogen (secondary N) is 1. The molecule has 1 N–H and O–H groups in total. The largest absolute Gasteiger partial charge is 0.355 e. The average molecular weight is 212 g/mol. The van der Waals surface area contributed by atoms with Gasteiger partial charge in [-0.05, 0) is 20.3 Å². The van der Waals surface area contributed by atoms with E-state index in [1.807, 2.05) is 13.8 Å². The highest BCUT2D eigenvalue weighted by Crippen LogP contribution is 2.08. The van der Waals surface area contributed by atoms with Crippen LogP contribution in [0, 0.1) is 0 Å². The van der Waals surface area contributed by atoms with Crippen LogP contribution < -0.4 is 11.2 Å². The van der Waals surface area contributed by atoms with Crippen LogP contribution in [0.25, 0.3) is 0 Å². The zero-order valence-corrected chi connectivity index (χ0v) is 9.19. The van der Waals surface area contributed by atoms with Gasteiger partial charge in [-0.25, -0.2) is 4.79 Å². The van der Waals surface area contributed by atoms with E-state index in [0.29, 0.717) is 0 Å². The molecular formula is C10H16N2O3. The molecule has 1 heterocycles. The van der Waals surface area contributed by atoms with Crippen LogP contribution >= 0.6 is 0 Å². The second-order valence-electron chi connectivity index (χ2n) is 3.47. The third-order valence-electron chi connectivity index (χ3n) is 2.25. The van der Waals surface area contributed by atoms with Crippen molar-refractivity contribution >= 4 is 0 Å². The summed E-state index contributed by atoms with van der Waals surface area (Å²) in [5, 5.41) is 0. The van der Waals surface area contributed by atoms with Crippen molar-refractivity contribution in [3.05, 3.63) is 33.1 Å². The lowest BCUT2D eigenvalue weighted by Gasteiger charge is -2.19. The lowest BCUT2D eigenvalue weighted by Crippen LogP contribution is -2.32. The van der Waals surface area contributed by atoms with Gasteiger partial charge in [-0.2, -0.15) is 0 Å². The molecular weight excluding hydrogens is 196 g/mol. The number of aromatic amines is 1. The van der Waals surface area contributed by atoms with Crippen LogP contribution in [0.3, 0.4) is 0 Å². The third kappa shape index (κ3) is 3.06. The molecule has 2 atom stereocenters. The van der Waals surface area contributed by atoms with Gasteiger partial charge in [0.15, 0.2) is 0 Å². The SMILES string of the molecule is CCC(C)OC(C)n1ccc(=O)[nH]c1=O. The normalized spacial score (nSPS) is 14.9. The number of H-pyrrole nitrogens is 1. The molecule has 2 unspecified atom stereocenters. The van der Waals surface area contributed by atoms with Crippen molar-refractivity contribution in [1.82, 2.24) is 9.55 Å². The number of nitrogens with zero attached hydrogens (tertiary/aromatic N) is 1. The molecule has 1 rings (SSSR count). The smallest absolute Gasteiger partial charge is 0.330 e. The van der Waals surface area contributed by atoms with E-state index in [4.69, 9.17) is 4.74 Å². The second-order valence-corrected chi connectivity index (χ2v) is 3.47. The lowest BCUT2D eigenvalue weighted by molar-refractivity contribution is -0.0377. The van der Waals surface area contributed by atoms with Crippen molar-refractivity contribution in [3.63, 3.8) is 0 Å². The molecule has 5 nitrogen and oxygen atoms in total. The second kappa shape index (κ2) is 4.93. The Balaban J connectivity index is 2.87. The number of hydrogen-bond acceptors (Lipinski definition) is 3. The molecule has 0 fully saturated rings. The summed E-state index contributed by atoms with van der Waals surface area (Å²) in [6, 6.07) is 1.30. The topological polar surface area (TPSA) is 64.1 Å². The first-order valence-electron chi connectivity index (χ1n) is 5.01. The van der Waals surface area contributed by atoms with Crippen LogP contribution in [0.15, 0.2) is 21.9 Å². The number of aromatic nitrogens is 2. The van der Waals surface area contributed by atoms with Crippen molar-refractivity contribution < 1.29 is 4.74 Å². The molecule has 0 amide bonds. The zero-order valence-electron chi connectivity index (χ0n) is 9.19. The fraction of sp³-hybridized carbons (Fsp3) is 0.600. The van der Waals surface area contributed by atoms with E-state index in [-0.39, 0.29) is 12.3 Å². The van der Waals surface area contributed by atoms with Crippen molar-refractivity contribution in [2.24, 2.45) is 0 Å². The van der Waals surface area contributed by atoms with Gasteiger partial charge in [-0.3, -0.25) is 14.3 Å².